The van der Waals surface area contributed by atoms with Crippen molar-refractivity contribution >= 4 is 29.6 Å². The Morgan fingerprint density at radius 1 is 1.52 bits per heavy atom. The van der Waals surface area contributed by atoms with Crippen molar-refractivity contribution < 1.29 is 23.4 Å². The topological polar surface area (TPSA) is 99.0 Å². The number of non-ortho nitro benzene ring substituents is 1. The second-order valence-corrected chi connectivity index (χ2v) is 5.58. The van der Waals surface area contributed by atoms with Crippen molar-refractivity contribution in [3.63, 3.8) is 0 Å². The molecule has 9 heteroatoms. The number of nitrogens with zero attached hydrogens (tertiary/aromatic N) is 2. The van der Waals surface area contributed by atoms with Crippen LogP contribution in [0.5, 0.6) is 0 Å². The minimum atomic E-state index is -0.531. The molecular formula is C14H14N2O6S. The van der Waals surface area contributed by atoms with Crippen LogP contribution in [-0.2, 0) is 13.7 Å². The highest BCUT2D eigenvalue weighted by molar-refractivity contribution is 7.94. The molecule has 0 spiro atoms. The lowest BCUT2D eigenvalue weighted by Crippen LogP contribution is -2.20. The lowest BCUT2D eigenvalue weighted by molar-refractivity contribution is -0.384. The summed E-state index contributed by atoms with van der Waals surface area (Å²) in [6, 6.07) is 5.92. The number of rotatable bonds is 7. The Kier molecular flexibility index (Phi) is 5.72. The number of carbonyl (C=O) groups excluding carboxylic acids is 2. The van der Waals surface area contributed by atoms with Gasteiger partial charge in [-0.25, -0.2) is 4.79 Å². The summed E-state index contributed by atoms with van der Waals surface area (Å²) in [6.07, 6.45) is 1.70. The van der Waals surface area contributed by atoms with Crippen LogP contribution < -0.4 is 0 Å². The molecule has 0 aromatic heterocycles. The van der Waals surface area contributed by atoms with Crippen LogP contribution in [0.3, 0.4) is 0 Å². The Morgan fingerprint density at radius 2 is 2.22 bits per heavy atom. The number of nitro groups is 1. The van der Waals surface area contributed by atoms with Crippen molar-refractivity contribution in [2.45, 2.75) is 17.9 Å². The maximum atomic E-state index is 11.5. The van der Waals surface area contributed by atoms with E-state index in [1.165, 1.54) is 36.2 Å². The zero-order chi connectivity index (χ0) is 16.8. The minimum absolute atomic E-state index is 0.00646. The molecule has 122 valence electrons. The number of ether oxygens (including phenoxy) is 1. The molecule has 1 amide bonds. The number of benzene rings is 1. The zero-order valence-electron chi connectivity index (χ0n) is 12.2. The summed E-state index contributed by atoms with van der Waals surface area (Å²) in [5.41, 5.74) is 0.00646. The first-order valence-electron chi connectivity index (χ1n) is 6.65. The number of ketones is 1. The zero-order valence-corrected chi connectivity index (χ0v) is 13.0. The third-order valence-electron chi connectivity index (χ3n) is 2.85. The van der Waals surface area contributed by atoms with Gasteiger partial charge in [-0.1, -0.05) is 0 Å². The fourth-order valence-corrected chi connectivity index (χ4v) is 2.35. The van der Waals surface area contributed by atoms with E-state index in [2.05, 4.69) is 0 Å². The first-order chi connectivity index (χ1) is 11.0. The van der Waals surface area contributed by atoms with Crippen molar-refractivity contribution in [1.29, 1.82) is 0 Å². The average Bonchev–Trinajstić information content (AvgIpc) is 2.86. The number of hydrogen-bond donors (Lipinski definition) is 0. The molecule has 0 radical (unpaired) electrons. The number of allylic oxidation sites excluding steroid dienone is 1. The summed E-state index contributed by atoms with van der Waals surface area (Å²) in [5.74, 6) is -0.161. The summed E-state index contributed by atoms with van der Waals surface area (Å²) >= 11 is 1.04. The highest BCUT2D eigenvalue weighted by Crippen LogP contribution is 2.23. The molecule has 0 aliphatic carbocycles. The van der Waals surface area contributed by atoms with Gasteiger partial charge < -0.3 is 8.92 Å². The van der Waals surface area contributed by atoms with Crippen LogP contribution in [0, 0.1) is 10.1 Å². The molecule has 1 unspecified atom stereocenters. The lowest BCUT2D eigenvalue weighted by atomic mass is 10.3. The molecule has 0 bridgehead atoms. The quantitative estimate of drug-likeness (QED) is 0.326. The maximum absolute atomic E-state index is 11.5. The van der Waals surface area contributed by atoms with E-state index >= 15 is 0 Å². The number of amides is 1. The molecule has 1 atom stereocenters. The van der Waals surface area contributed by atoms with E-state index in [0.29, 0.717) is 11.4 Å². The van der Waals surface area contributed by atoms with Gasteiger partial charge in [0.25, 0.3) is 5.69 Å². The highest BCUT2D eigenvalue weighted by Gasteiger charge is 2.30. The molecule has 0 saturated carbocycles. The lowest BCUT2D eigenvalue weighted by Gasteiger charge is -2.08. The van der Waals surface area contributed by atoms with Crippen molar-refractivity contribution in [2.75, 3.05) is 13.2 Å². The molecule has 1 saturated heterocycles. The van der Waals surface area contributed by atoms with E-state index in [-0.39, 0.29) is 18.1 Å². The minimum Gasteiger partial charge on any atom is -0.441 e. The molecule has 1 heterocycles. The van der Waals surface area contributed by atoms with E-state index in [1.54, 1.807) is 12.1 Å². The molecule has 1 aliphatic heterocycles. The molecule has 23 heavy (non-hydrogen) atoms. The van der Waals surface area contributed by atoms with Crippen molar-refractivity contribution in [2.24, 2.45) is 0 Å². The van der Waals surface area contributed by atoms with Gasteiger partial charge in [0.05, 0.1) is 11.5 Å². The number of carbonyl (C=O) groups is 2. The van der Waals surface area contributed by atoms with Gasteiger partial charge in [0.2, 0.25) is 0 Å². The molecule has 1 fully saturated rings. The Morgan fingerprint density at radius 3 is 2.83 bits per heavy atom. The van der Waals surface area contributed by atoms with E-state index in [9.17, 15) is 19.7 Å². The Balaban J connectivity index is 1.77. The molecule has 1 aromatic carbocycles. The molecule has 1 aliphatic rings. The van der Waals surface area contributed by atoms with E-state index < -0.39 is 17.1 Å². The van der Waals surface area contributed by atoms with Gasteiger partial charge in [0, 0.05) is 35.3 Å². The second kappa shape index (κ2) is 7.75. The summed E-state index contributed by atoms with van der Waals surface area (Å²) in [4.78, 5) is 34.5. The van der Waals surface area contributed by atoms with Crippen LogP contribution in [0.4, 0.5) is 10.5 Å². The maximum Gasteiger partial charge on any atom is 0.414 e. The van der Waals surface area contributed by atoms with Crippen LogP contribution in [0.1, 0.15) is 6.92 Å². The smallest absolute Gasteiger partial charge is 0.414 e. The van der Waals surface area contributed by atoms with E-state index in [4.69, 9.17) is 8.92 Å². The normalized spacial score (nSPS) is 17.5. The van der Waals surface area contributed by atoms with Gasteiger partial charge in [-0.2, -0.15) is 0 Å². The predicted octanol–water partition coefficient (Wildman–Crippen LogP) is 2.54. The number of hydrogen-bond acceptors (Lipinski definition) is 7. The third-order valence-corrected chi connectivity index (χ3v) is 3.57. The summed E-state index contributed by atoms with van der Waals surface area (Å²) in [5, 5.41) is 10.5. The SMILES string of the molecule is CC(=O)/C=C/N1CC(COSc2ccc([N+](=O)[O-])cc2)OC1=O. The molecular weight excluding hydrogens is 324 g/mol. The third kappa shape index (κ3) is 5.08. The van der Waals surface area contributed by atoms with Crippen LogP contribution in [-0.4, -0.2) is 41.0 Å². The monoisotopic (exact) mass is 338 g/mol. The number of nitro benzene ring substituents is 1. The molecule has 8 nitrogen and oxygen atoms in total. The van der Waals surface area contributed by atoms with Gasteiger partial charge in [-0.3, -0.25) is 19.8 Å². The summed E-state index contributed by atoms with van der Waals surface area (Å²) < 4.78 is 10.5. The van der Waals surface area contributed by atoms with Crippen LogP contribution in [0.15, 0.2) is 41.4 Å². The highest BCUT2D eigenvalue weighted by atomic mass is 32.2. The van der Waals surface area contributed by atoms with E-state index in [1.807, 2.05) is 0 Å². The summed E-state index contributed by atoms with van der Waals surface area (Å²) in [6.45, 7) is 1.85. The van der Waals surface area contributed by atoms with Crippen LogP contribution in [0.25, 0.3) is 0 Å². The molecule has 2 rings (SSSR count). The van der Waals surface area contributed by atoms with Gasteiger partial charge in [0.1, 0.15) is 12.7 Å². The second-order valence-electron chi connectivity index (χ2n) is 4.70. The average molecular weight is 338 g/mol. The van der Waals surface area contributed by atoms with Crippen LogP contribution >= 0.6 is 12.0 Å². The number of cyclic esters (lactones) is 1. The first kappa shape index (κ1) is 17.0. The fraction of sp³-hybridized carbons (Fsp3) is 0.286. The van der Waals surface area contributed by atoms with Crippen molar-refractivity contribution in [3.8, 4) is 0 Å². The molecule has 1 aromatic rings. The van der Waals surface area contributed by atoms with Gasteiger partial charge >= 0.3 is 6.09 Å². The Hall–Kier alpha value is -2.39. The predicted molar refractivity (Wildman–Crippen MR) is 81.7 cm³/mol. The Bertz CT molecular complexity index is 631. The van der Waals surface area contributed by atoms with Gasteiger partial charge in [0.15, 0.2) is 5.78 Å². The molecule has 0 N–H and O–H groups in total. The first-order valence-corrected chi connectivity index (χ1v) is 7.40. The standard InChI is InChI=1S/C14H14N2O6S/c1-10(17)6-7-15-8-12(22-14(15)18)9-21-23-13-4-2-11(3-5-13)16(19)20/h2-7,12H,8-9H2,1H3/b7-6+. The Labute approximate surface area is 136 Å². The van der Waals surface area contributed by atoms with E-state index in [0.717, 1.165) is 12.0 Å². The van der Waals surface area contributed by atoms with Gasteiger partial charge in [-0.05, 0) is 25.1 Å². The van der Waals surface area contributed by atoms with Crippen LogP contribution in [0.2, 0.25) is 0 Å². The van der Waals surface area contributed by atoms with Crippen molar-refractivity contribution in [1.82, 2.24) is 4.90 Å². The summed E-state index contributed by atoms with van der Waals surface area (Å²) in [7, 11) is 0. The van der Waals surface area contributed by atoms with Gasteiger partial charge in [-0.15, -0.1) is 0 Å². The largest absolute Gasteiger partial charge is 0.441 e. The fourth-order valence-electron chi connectivity index (χ4n) is 1.75. The van der Waals surface area contributed by atoms with Crippen molar-refractivity contribution in [3.05, 3.63) is 46.7 Å².